The summed E-state index contributed by atoms with van der Waals surface area (Å²) in [5.41, 5.74) is 6.08. The number of aryl methyl sites for hydroxylation is 4. The Labute approximate surface area is 219 Å². The Balaban J connectivity index is 1.72. The molecule has 0 spiro atoms. The minimum absolute atomic E-state index is 0.143. The maximum Gasteiger partial charge on any atom is 0.264 e. The summed E-state index contributed by atoms with van der Waals surface area (Å²) >= 11 is 0. The number of anilines is 1. The number of rotatable bonds is 8. The van der Waals surface area contributed by atoms with E-state index in [1.807, 2.05) is 100 Å². The van der Waals surface area contributed by atoms with E-state index in [-0.39, 0.29) is 11.4 Å². The maximum atomic E-state index is 13.9. The zero-order valence-corrected chi connectivity index (χ0v) is 22.4. The molecule has 1 atom stereocenters. The van der Waals surface area contributed by atoms with E-state index in [1.54, 1.807) is 24.3 Å². The van der Waals surface area contributed by atoms with Gasteiger partial charge in [0.25, 0.3) is 10.0 Å². The lowest BCUT2D eigenvalue weighted by Crippen LogP contribution is -2.42. The van der Waals surface area contributed by atoms with Crippen molar-refractivity contribution in [2.24, 2.45) is 0 Å². The molecule has 37 heavy (non-hydrogen) atoms. The standard InChI is InChI=1S/C31H32N2O3S/c1-22-11-16-27(17-12-22)31(26-8-6-5-7-9-26)32-30(34)21-33(29-20-24(3)10-15-25(29)4)37(35,36)28-18-13-23(2)14-19-28/h5-20,31H,21H2,1-4H3,(H,32,34)/t31-/m0/s1. The van der Waals surface area contributed by atoms with Gasteiger partial charge in [0, 0.05) is 0 Å². The topological polar surface area (TPSA) is 66.5 Å². The summed E-state index contributed by atoms with van der Waals surface area (Å²) in [5, 5.41) is 3.09. The number of hydrogen-bond donors (Lipinski definition) is 1. The van der Waals surface area contributed by atoms with Crippen LogP contribution in [-0.4, -0.2) is 20.9 Å². The molecule has 0 fully saturated rings. The fraction of sp³-hybridized carbons (Fsp3) is 0.194. The Hall–Kier alpha value is -3.90. The molecule has 5 nitrogen and oxygen atoms in total. The third-order valence-corrected chi connectivity index (χ3v) is 8.15. The van der Waals surface area contributed by atoms with Crippen molar-refractivity contribution < 1.29 is 13.2 Å². The molecule has 6 heteroatoms. The van der Waals surface area contributed by atoms with Crippen LogP contribution in [0.15, 0.2) is 102 Å². The summed E-state index contributed by atoms with van der Waals surface area (Å²) in [5.74, 6) is -0.397. The summed E-state index contributed by atoms with van der Waals surface area (Å²) in [6.45, 7) is 7.32. The van der Waals surface area contributed by atoms with Gasteiger partial charge in [0.15, 0.2) is 0 Å². The number of carbonyl (C=O) groups is 1. The second-order valence-electron chi connectivity index (χ2n) is 9.44. The molecular formula is C31H32N2O3S. The van der Waals surface area contributed by atoms with Gasteiger partial charge in [-0.15, -0.1) is 0 Å². The first-order valence-corrected chi connectivity index (χ1v) is 13.7. The number of amides is 1. The fourth-order valence-corrected chi connectivity index (χ4v) is 5.70. The van der Waals surface area contributed by atoms with E-state index < -0.39 is 22.0 Å². The lowest BCUT2D eigenvalue weighted by molar-refractivity contribution is -0.120. The largest absolute Gasteiger partial charge is 0.344 e. The van der Waals surface area contributed by atoms with Gasteiger partial charge < -0.3 is 5.32 Å². The molecule has 0 aromatic heterocycles. The minimum atomic E-state index is -4.00. The predicted molar refractivity (Wildman–Crippen MR) is 149 cm³/mol. The van der Waals surface area contributed by atoms with Crippen LogP contribution in [0, 0.1) is 27.7 Å². The highest BCUT2D eigenvalue weighted by Gasteiger charge is 2.29. The zero-order chi connectivity index (χ0) is 26.6. The Morgan fingerprint density at radius 3 is 1.89 bits per heavy atom. The Kier molecular flexibility index (Phi) is 7.79. The number of benzene rings is 4. The molecule has 0 aliphatic carbocycles. The first kappa shape index (κ1) is 26.2. The van der Waals surface area contributed by atoms with Crippen molar-refractivity contribution >= 4 is 21.6 Å². The highest BCUT2D eigenvalue weighted by atomic mass is 32.2. The summed E-state index contributed by atoms with van der Waals surface area (Å²) < 4.78 is 28.9. The van der Waals surface area contributed by atoms with Crippen LogP contribution in [0.5, 0.6) is 0 Å². The summed E-state index contributed by atoms with van der Waals surface area (Å²) in [4.78, 5) is 13.7. The van der Waals surface area contributed by atoms with E-state index in [0.29, 0.717) is 5.69 Å². The number of nitrogens with zero attached hydrogens (tertiary/aromatic N) is 1. The second kappa shape index (κ2) is 11.0. The molecule has 0 saturated carbocycles. The van der Waals surface area contributed by atoms with Crippen molar-refractivity contribution in [3.05, 3.63) is 130 Å². The lowest BCUT2D eigenvalue weighted by atomic mass is 9.98. The van der Waals surface area contributed by atoms with Crippen molar-refractivity contribution in [3.63, 3.8) is 0 Å². The van der Waals surface area contributed by atoms with Crippen molar-refractivity contribution in [1.82, 2.24) is 5.32 Å². The van der Waals surface area contributed by atoms with Crippen LogP contribution in [0.25, 0.3) is 0 Å². The van der Waals surface area contributed by atoms with Crippen LogP contribution in [0.2, 0.25) is 0 Å². The van der Waals surface area contributed by atoms with Crippen molar-refractivity contribution in [2.75, 3.05) is 10.8 Å². The highest BCUT2D eigenvalue weighted by Crippen LogP contribution is 2.29. The Morgan fingerprint density at radius 1 is 0.730 bits per heavy atom. The molecular weight excluding hydrogens is 480 g/mol. The van der Waals surface area contributed by atoms with Gasteiger partial charge in [-0.25, -0.2) is 8.42 Å². The number of sulfonamides is 1. The first-order valence-electron chi connectivity index (χ1n) is 12.2. The van der Waals surface area contributed by atoms with E-state index in [0.717, 1.165) is 33.4 Å². The molecule has 0 heterocycles. The van der Waals surface area contributed by atoms with Gasteiger partial charge >= 0.3 is 0 Å². The average molecular weight is 513 g/mol. The smallest absolute Gasteiger partial charge is 0.264 e. The number of nitrogens with one attached hydrogen (secondary N) is 1. The molecule has 0 saturated heterocycles. The van der Waals surface area contributed by atoms with Gasteiger partial charge in [-0.1, -0.05) is 90.0 Å². The van der Waals surface area contributed by atoms with Crippen molar-refractivity contribution in [3.8, 4) is 0 Å². The van der Waals surface area contributed by atoms with E-state index in [1.165, 1.54) is 4.31 Å². The minimum Gasteiger partial charge on any atom is -0.344 e. The maximum absolute atomic E-state index is 13.9. The molecule has 0 radical (unpaired) electrons. The Bertz CT molecular complexity index is 1480. The molecule has 4 aromatic rings. The van der Waals surface area contributed by atoms with Gasteiger partial charge in [-0.3, -0.25) is 9.10 Å². The molecule has 4 aromatic carbocycles. The van der Waals surface area contributed by atoms with Gasteiger partial charge in [0.05, 0.1) is 16.6 Å². The highest BCUT2D eigenvalue weighted by molar-refractivity contribution is 7.92. The van der Waals surface area contributed by atoms with Crippen LogP contribution in [0.3, 0.4) is 0 Å². The van der Waals surface area contributed by atoms with Crippen molar-refractivity contribution in [1.29, 1.82) is 0 Å². The van der Waals surface area contributed by atoms with Gasteiger partial charge in [0.1, 0.15) is 6.54 Å². The molecule has 0 bridgehead atoms. The molecule has 190 valence electrons. The number of hydrogen-bond acceptors (Lipinski definition) is 3. The summed E-state index contributed by atoms with van der Waals surface area (Å²) in [6.07, 6.45) is 0. The van der Waals surface area contributed by atoms with E-state index in [2.05, 4.69) is 5.32 Å². The number of carbonyl (C=O) groups excluding carboxylic acids is 1. The third-order valence-electron chi connectivity index (χ3n) is 6.38. The quantitative estimate of drug-likeness (QED) is 0.314. The molecule has 4 rings (SSSR count). The predicted octanol–water partition coefficient (Wildman–Crippen LogP) is 6.02. The molecule has 0 aliphatic rings. The lowest BCUT2D eigenvalue weighted by Gasteiger charge is -2.27. The van der Waals surface area contributed by atoms with E-state index >= 15 is 0 Å². The SMILES string of the molecule is Cc1ccc([C@@H](NC(=O)CN(c2cc(C)ccc2C)S(=O)(=O)c2ccc(C)cc2)c2ccccc2)cc1. The van der Waals surface area contributed by atoms with Crippen LogP contribution >= 0.6 is 0 Å². The van der Waals surface area contributed by atoms with Gasteiger partial charge in [0.2, 0.25) is 5.91 Å². The average Bonchev–Trinajstić information content (AvgIpc) is 2.89. The van der Waals surface area contributed by atoms with E-state index in [4.69, 9.17) is 0 Å². The van der Waals surface area contributed by atoms with Gasteiger partial charge in [-0.2, -0.15) is 0 Å². The van der Waals surface area contributed by atoms with Gasteiger partial charge in [-0.05, 0) is 68.1 Å². The van der Waals surface area contributed by atoms with Crippen LogP contribution < -0.4 is 9.62 Å². The Morgan fingerprint density at radius 2 is 1.27 bits per heavy atom. The molecule has 0 unspecified atom stereocenters. The molecule has 0 aliphatic heterocycles. The summed E-state index contributed by atoms with van der Waals surface area (Å²) in [6, 6.07) is 29.5. The van der Waals surface area contributed by atoms with Crippen LogP contribution in [0.1, 0.15) is 39.4 Å². The third kappa shape index (κ3) is 6.09. The summed E-state index contributed by atoms with van der Waals surface area (Å²) in [7, 11) is -4.00. The second-order valence-corrected chi connectivity index (χ2v) is 11.3. The molecule has 1 N–H and O–H groups in total. The normalized spacial score (nSPS) is 12.1. The monoisotopic (exact) mass is 512 g/mol. The van der Waals surface area contributed by atoms with Crippen LogP contribution in [0.4, 0.5) is 5.69 Å². The fourth-order valence-electron chi connectivity index (χ4n) is 4.23. The van der Waals surface area contributed by atoms with Crippen LogP contribution in [-0.2, 0) is 14.8 Å². The first-order chi connectivity index (χ1) is 17.6. The van der Waals surface area contributed by atoms with E-state index in [9.17, 15) is 13.2 Å². The zero-order valence-electron chi connectivity index (χ0n) is 21.6. The molecule has 1 amide bonds. The van der Waals surface area contributed by atoms with Crippen molar-refractivity contribution in [2.45, 2.75) is 38.6 Å².